The molecule has 0 amide bonds. The SMILES string of the molecule is NPc1cccc(N)c1. The van der Waals surface area contributed by atoms with Gasteiger partial charge in [0.05, 0.1) is 0 Å². The molecule has 9 heavy (non-hydrogen) atoms. The molecule has 3 heteroatoms. The van der Waals surface area contributed by atoms with Crippen LogP contribution in [0, 0.1) is 0 Å². The maximum atomic E-state index is 5.48. The van der Waals surface area contributed by atoms with Gasteiger partial charge in [-0.25, -0.2) is 0 Å². The summed E-state index contributed by atoms with van der Waals surface area (Å²) in [5.41, 5.74) is 11.7. The van der Waals surface area contributed by atoms with Crippen molar-refractivity contribution in [2.24, 2.45) is 5.50 Å². The molecule has 4 N–H and O–H groups in total. The minimum Gasteiger partial charge on any atom is -0.399 e. The van der Waals surface area contributed by atoms with Crippen molar-refractivity contribution >= 4 is 19.7 Å². The first-order valence-electron chi connectivity index (χ1n) is 2.65. The normalized spacial score (nSPS) is 10.8. The summed E-state index contributed by atoms with van der Waals surface area (Å²) in [5.74, 6) is 0. The van der Waals surface area contributed by atoms with E-state index in [2.05, 4.69) is 0 Å². The van der Waals surface area contributed by atoms with Gasteiger partial charge in [0.15, 0.2) is 0 Å². The molecule has 0 aliphatic carbocycles. The van der Waals surface area contributed by atoms with Gasteiger partial charge in [-0.05, 0) is 26.2 Å². The van der Waals surface area contributed by atoms with Crippen LogP contribution in [0.5, 0.6) is 0 Å². The second kappa shape index (κ2) is 2.81. The maximum absolute atomic E-state index is 5.48. The molecule has 48 valence electrons. The Bertz CT molecular complexity index is 200. The zero-order chi connectivity index (χ0) is 6.69. The molecule has 0 bridgehead atoms. The van der Waals surface area contributed by atoms with Crippen LogP contribution < -0.4 is 16.5 Å². The van der Waals surface area contributed by atoms with Crippen LogP contribution in [0.2, 0.25) is 0 Å². The third kappa shape index (κ3) is 1.67. The van der Waals surface area contributed by atoms with Crippen molar-refractivity contribution in [2.75, 3.05) is 5.73 Å². The summed E-state index contributed by atoms with van der Waals surface area (Å²) >= 11 is 0. The van der Waals surface area contributed by atoms with Crippen molar-refractivity contribution in [3.8, 4) is 0 Å². The minimum absolute atomic E-state index is 0.346. The average Bonchev–Trinajstić information content (AvgIpc) is 1.88. The molecule has 1 unspecified atom stereocenters. The highest BCUT2D eigenvalue weighted by molar-refractivity contribution is 7.44. The molecule has 1 atom stereocenters. The fraction of sp³-hybridized carbons (Fsp3) is 0. The van der Waals surface area contributed by atoms with Gasteiger partial charge in [-0.1, -0.05) is 12.1 Å². The highest BCUT2D eigenvalue weighted by Gasteiger charge is 1.86. The van der Waals surface area contributed by atoms with E-state index < -0.39 is 0 Å². The predicted molar refractivity (Wildman–Crippen MR) is 43.0 cm³/mol. The Morgan fingerprint density at radius 1 is 1.33 bits per heavy atom. The van der Waals surface area contributed by atoms with Crippen LogP contribution in [0.15, 0.2) is 24.3 Å². The minimum atomic E-state index is 0.346. The van der Waals surface area contributed by atoms with Gasteiger partial charge in [0, 0.05) is 5.69 Å². The molecule has 0 aliphatic heterocycles. The monoisotopic (exact) mass is 140 g/mol. The molecule has 0 saturated carbocycles. The van der Waals surface area contributed by atoms with Crippen molar-refractivity contribution in [1.29, 1.82) is 0 Å². The van der Waals surface area contributed by atoms with Crippen LogP contribution in [-0.4, -0.2) is 0 Å². The first kappa shape index (κ1) is 6.53. The summed E-state index contributed by atoms with van der Waals surface area (Å²) in [5, 5.41) is 1.11. The van der Waals surface area contributed by atoms with E-state index in [-0.39, 0.29) is 0 Å². The van der Waals surface area contributed by atoms with Gasteiger partial charge >= 0.3 is 0 Å². The second-order valence-corrected chi connectivity index (χ2v) is 2.64. The summed E-state index contributed by atoms with van der Waals surface area (Å²) in [7, 11) is 0.346. The van der Waals surface area contributed by atoms with Crippen molar-refractivity contribution in [2.45, 2.75) is 0 Å². The first-order chi connectivity index (χ1) is 4.33. The fourth-order valence-corrected chi connectivity index (χ4v) is 1.07. The van der Waals surface area contributed by atoms with Gasteiger partial charge in [0.1, 0.15) is 0 Å². The van der Waals surface area contributed by atoms with E-state index in [0.717, 1.165) is 11.0 Å². The van der Waals surface area contributed by atoms with Crippen LogP contribution in [-0.2, 0) is 0 Å². The fourth-order valence-electron chi connectivity index (χ4n) is 0.628. The lowest BCUT2D eigenvalue weighted by atomic mass is 10.3. The standard InChI is InChI=1S/C6H9N2P/c7-5-2-1-3-6(4-5)9-8/h1-4,9H,7-8H2. The Balaban J connectivity index is 2.94. The maximum Gasteiger partial charge on any atom is 0.0320 e. The van der Waals surface area contributed by atoms with Crippen LogP contribution in [0.25, 0.3) is 0 Å². The topological polar surface area (TPSA) is 52.0 Å². The highest BCUT2D eigenvalue weighted by Crippen LogP contribution is 2.03. The Hall–Kier alpha value is -0.590. The molecule has 0 aliphatic rings. The van der Waals surface area contributed by atoms with Gasteiger partial charge in [-0.3, -0.25) is 0 Å². The Morgan fingerprint density at radius 3 is 2.56 bits per heavy atom. The average molecular weight is 140 g/mol. The van der Waals surface area contributed by atoms with Gasteiger partial charge in [0.25, 0.3) is 0 Å². The molecule has 0 saturated heterocycles. The van der Waals surface area contributed by atoms with Crippen molar-refractivity contribution < 1.29 is 0 Å². The van der Waals surface area contributed by atoms with Crippen molar-refractivity contribution in [3.05, 3.63) is 24.3 Å². The largest absolute Gasteiger partial charge is 0.399 e. The lowest BCUT2D eigenvalue weighted by Gasteiger charge is -1.95. The molecule has 2 nitrogen and oxygen atoms in total. The Labute approximate surface area is 56.1 Å². The number of nitrogens with two attached hydrogens (primary N) is 2. The summed E-state index contributed by atoms with van der Waals surface area (Å²) < 4.78 is 0. The molecular weight excluding hydrogens is 131 g/mol. The van der Waals surface area contributed by atoms with Crippen LogP contribution in [0.1, 0.15) is 0 Å². The summed E-state index contributed by atoms with van der Waals surface area (Å²) in [6, 6.07) is 7.61. The van der Waals surface area contributed by atoms with Gasteiger partial charge in [0.2, 0.25) is 0 Å². The number of hydrogen-bond donors (Lipinski definition) is 2. The van der Waals surface area contributed by atoms with Crippen LogP contribution in [0.3, 0.4) is 0 Å². The third-order valence-corrected chi connectivity index (χ3v) is 1.70. The second-order valence-electron chi connectivity index (χ2n) is 1.77. The van der Waals surface area contributed by atoms with Gasteiger partial charge < -0.3 is 11.2 Å². The van der Waals surface area contributed by atoms with E-state index >= 15 is 0 Å². The zero-order valence-corrected chi connectivity index (χ0v) is 5.96. The molecular formula is C6H9N2P. The van der Waals surface area contributed by atoms with E-state index in [0.29, 0.717) is 8.73 Å². The van der Waals surface area contributed by atoms with E-state index in [4.69, 9.17) is 11.2 Å². The number of anilines is 1. The molecule has 0 aromatic heterocycles. The number of rotatable bonds is 1. The number of hydrogen-bond acceptors (Lipinski definition) is 2. The third-order valence-electron chi connectivity index (χ3n) is 1.05. The first-order valence-corrected chi connectivity index (χ1v) is 3.73. The Morgan fingerprint density at radius 2 is 2.11 bits per heavy atom. The van der Waals surface area contributed by atoms with Gasteiger partial charge in [-0.15, -0.1) is 0 Å². The number of nitrogen functional groups attached to an aromatic ring is 1. The quantitative estimate of drug-likeness (QED) is 0.439. The van der Waals surface area contributed by atoms with E-state index in [1.54, 1.807) is 0 Å². The van der Waals surface area contributed by atoms with Gasteiger partial charge in [-0.2, -0.15) is 0 Å². The van der Waals surface area contributed by atoms with Crippen LogP contribution in [0.4, 0.5) is 5.69 Å². The molecule has 1 aromatic rings. The van der Waals surface area contributed by atoms with Crippen LogP contribution >= 0.6 is 8.73 Å². The molecule has 0 radical (unpaired) electrons. The number of benzene rings is 1. The molecule has 0 spiro atoms. The zero-order valence-electron chi connectivity index (χ0n) is 4.96. The summed E-state index contributed by atoms with van der Waals surface area (Å²) in [6.45, 7) is 0. The summed E-state index contributed by atoms with van der Waals surface area (Å²) in [6.07, 6.45) is 0. The van der Waals surface area contributed by atoms with E-state index in [1.165, 1.54) is 0 Å². The van der Waals surface area contributed by atoms with E-state index in [1.807, 2.05) is 24.3 Å². The van der Waals surface area contributed by atoms with E-state index in [9.17, 15) is 0 Å². The molecule has 0 fully saturated rings. The summed E-state index contributed by atoms with van der Waals surface area (Å²) in [4.78, 5) is 0. The van der Waals surface area contributed by atoms with Crippen molar-refractivity contribution in [1.82, 2.24) is 0 Å². The highest BCUT2D eigenvalue weighted by atomic mass is 31.1. The smallest absolute Gasteiger partial charge is 0.0320 e. The molecule has 0 heterocycles. The molecule has 1 aromatic carbocycles. The lowest BCUT2D eigenvalue weighted by molar-refractivity contribution is 1.73. The predicted octanol–water partition coefficient (Wildman–Crippen LogP) is 0.446. The lowest BCUT2D eigenvalue weighted by Crippen LogP contribution is -1.98. The Kier molecular flexibility index (Phi) is 2.04. The van der Waals surface area contributed by atoms with Crippen molar-refractivity contribution in [3.63, 3.8) is 0 Å². The molecule has 1 rings (SSSR count).